The van der Waals surface area contributed by atoms with Crippen LogP contribution in [0.2, 0.25) is 0 Å². The number of aromatic nitrogens is 2. The average Bonchev–Trinajstić information content (AvgIpc) is 3.01. The summed E-state index contributed by atoms with van der Waals surface area (Å²) in [5.41, 5.74) is 2.35. The lowest BCUT2D eigenvalue weighted by Gasteiger charge is -2.08. The molecule has 0 unspecified atom stereocenters. The largest absolute Gasteiger partial charge is 0.339 e. The number of benzene rings is 2. The van der Waals surface area contributed by atoms with E-state index in [4.69, 9.17) is 4.52 Å². The Balaban J connectivity index is 1.78. The third-order valence-corrected chi connectivity index (χ3v) is 3.35. The van der Waals surface area contributed by atoms with E-state index < -0.39 is 0 Å². The third-order valence-electron chi connectivity index (χ3n) is 3.35. The third kappa shape index (κ3) is 4.08. The van der Waals surface area contributed by atoms with Gasteiger partial charge >= 0.3 is 0 Å². The van der Waals surface area contributed by atoms with Crippen LogP contribution in [0.15, 0.2) is 53.1 Å². The Labute approximate surface area is 144 Å². The normalized spacial score (nSPS) is 10.3. The molecule has 0 saturated heterocycles. The molecule has 2 aromatic carbocycles. The zero-order valence-corrected chi connectivity index (χ0v) is 13.7. The van der Waals surface area contributed by atoms with Crippen molar-refractivity contribution in [2.45, 2.75) is 13.8 Å². The number of rotatable bonds is 4. The summed E-state index contributed by atoms with van der Waals surface area (Å²) in [5, 5.41) is 9.33. The second kappa shape index (κ2) is 6.96. The van der Waals surface area contributed by atoms with Gasteiger partial charge in [-0.05, 0) is 30.3 Å². The van der Waals surface area contributed by atoms with Crippen molar-refractivity contribution in [2.75, 3.05) is 10.6 Å². The van der Waals surface area contributed by atoms with Crippen molar-refractivity contribution in [1.82, 2.24) is 10.1 Å². The first-order chi connectivity index (χ1) is 12.0. The van der Waals surface area contributed by atoms with Crippen LogP contribution in [-0.2, 0) is 4.79 Å². The molecule has 0 spiro atoms. The van der Waals surface area contributed by atoms with Crippen LogP contribution in [0.4, 0.5) is 11.4 Å². The van der Waals surface area contributed by atoms with Gasteiger partial charge in [0.25, 0.3) is 5.91 Å². The summed E-state index contributed by atoms with van der Waals surface area (Å²) in [4.78, 5) is 27.7. The molecule has 0 radical (unpaired) electrons. The van der Waals surface area contributed by atoms with Gasteiger partial charge in [-0.25, -0.2) is 0 Å². The standard InChI is InChI=1S/C18H16N4O3/c1-11(23)19-15-7-4-6-14(10-15)18(24)21-16-8-3-5-13(9-16)17-20-12(2)25-22-17/h3-10H,1-2H3,(H,19,23)(H,21,24). The number of carbonyl (C=O) groups excluding carboxylic acids is 2. The SMILES string of the molecule is CC(=O)Nc1cccc(C(=O)Nc2cccc(-c3noc(C)n3)c2)c1. The predicted octanol–water partition coefficient (Wildman–Crippen LogP) is 3.26. The van der Waals surface area contributed by atoms with Gasteiger partial charge < -0.3 is 15.2 Å². The van der Waals surface area contributed by atoms with Gasteiger partial charge in [-0.1, -0.05) is 23.4 Å². The van der Waals surface area contributed by atoms with Crippen molar-refractivity contribution in [1.29, 1.82) is 0 Å². The molecular weight excluding hydrogens is 320 g/mol. The van der Waals surface area contributed by atoms with E-state index in [1.807, 2.05) is 6.07 Å². The van der Waals surface area contributed by atoms with E-state index in [-0.39, 0.29) is 11.8 Å². The molecule has 1 aromatic heterocycles. The molecule has 7 nitrogen and oxygen atoms in total. The quantitative estimate of drug-likeness (QED) is 0.762. The molecule has 126 valence electrons. The van der Waals surface area contributed by atoms with E-state index in [9.17, 15) is 9.59 Å². The van der Waals surface area contributed by atoms with E-state index in [0.717, 1.165) is 5.56 Å². The van der Waals surface area contributed by atoms with Gasteiger partial charge in [0.2, 0.25) is 17.6 Å². The fraction of sp³-hybridized carbons (Fsp3) is 0.111. The zero-order chi connectivity index (χ0) is 17.8. The van der Waals surface area contributed by atoms with Crippen molar-refractivity contribution in [3.05, 3.63) is 60.0 Å². The lowest BCUT2D eigenvalue weighted by Crippen LogP contribution is -2.13. The summed E-state index contributed by atoms with van der Waals surface area (Å²) in [6, 6.07) is 13.9. The van der Waals surface area contributed by atoms with Crippen LogP contribution in [0, 0.1) is 6.92 Å². The zero-order valence-electron chi connectivity index (χ0n) is 13.7. The van der Waals surface area contributed by atoms with E-state index >= 15 is 0 Å². The van der Waals surface area contributed by atoms with Gasteiger partial charge in [0.1, 0.15) is 0 Å². The topological polar surface area (TPSA) is 97.1 Å². The van der Waals surface area contributed by atoms with Crippen molar-refractivity contribution >= 4 is 23.2 Å². The number of carbonyl (C=O) groups is 2. The number of amides is 2. The van der Waals surface area contributed by atoms with E-state index in [1.54, 1.807) is 49.4 Å². The van der Waals surface area contributed by atoms with Gasteiger partial charge in [0, 0.05) is 36.3 Å². The lowest BCUT2D eigenvalue weighted by atomic mass is 10.1. The van der Waals surface area contributed by atoms with Gasteiger partial charge in [-0.3, -0.25) is 9.59 Å². The maximum absolute atomic E-state index is 12.4. The van der Waals surface area contributed by atoms with Crippen molar-refractivity contribution in [3.63, 3.8) is 0 Å². The summed E-state index contributed by atoms with van der Waals surface area (Å²) in [5.74, 6) is 0.454. The van der Waals surface area contributed by atoms with Gasteiger partial charge in [-0.2, -0.15) is 4.98 Å². The number of anilines is 2. The lowest BCUT2D eigenvalue weighted by molar-refractivity contribution is -0.114. The van der Waals surface area contributed by atoms with E-state index in [1.165, 1.54) is 6.92 Å². The molecule has 1 heterocycles. The molecule has 0 saturated carbocycles. The summed E-state index contributed by atoms with van der Waals surface area (Å²) < 4.78 is 4.97. The van der Waals surface area contributed by atoms with Crippen LogP contribution >= 0.6 is 0 Å². The Morgan fingerprint density at radius 2 is 1.72 bits per heavy atom. The van der Waals surface area contributed by atoms with Crippen LogP contribution in [0.5, 0.6) is 0 Å². The molecule has 0 bridgehead atoms. The molecule has 2 amide bonds. The van der Waals surface area contributed by atoms with Crippen molar-refractivity contribution in [2.24, 2.45) is 0 Å². The van der Waals surface area contributed by atoms with Crippen LogP contribution in [0.25, 0.3) is 11.4 Å². The molecule has 3 aromatic rings. The monoisotopic (exact) mass is 336 g/mol. The average molecular weight is 336 g/mol. The highest BCUT2D eigenvalue weighted by Crippen LogP contribution is 2.21. The molecule has 0 atom stereocenters. The predicted molar refractivity (Wildman–Crippen MR) is 93.2 cm³/mol. The summed E-state index contributed by atoms with van der Waals surface area (Å²) in [7, 11) is 0. The summed E-state index contributed by atoms with van der Waals surface area (Å²) >= 11 is 0. The first-order valence-corrected chi connectivity index (χ1v) is 7.61. The molecular formula is C18H16N4O3. The number of hydrogen-bond acceptors (Lipinski definition) is 5. The number of aryl methyl sites for hydroxylation is 1. The highest BCUT2D eigenvalue weighted by Gasteiger charge is 2.10. The minimum absolute atomic E-state index is 0.194. The fourth-order valence-corrected chi connectivity index (χ4v) is 2.30. The van der Waals surface area contributed by atoms with E-state index in [0.29, 0.717) is 28.7 Å². The summed E-state index contributed by atoms with van der Waals surface area (Å²) in [6.45, 7) is 3.13. The Morgan fingerprint density at radius 3 is 2.40 bits per heavy atom. The maximum Gasteiger partial charge on any atom is 0.255 e. The Hall–Kier alpha value is -3.48. The number of hydrogen-bond donors (Lipinski definition) is 2. The summed E-state index contributed by atoms with van der Waals surface area (Å²) in [6.07, 6.45) is 0. The highest BCUT2D eigenvalue weighted by atomic mass is 16.5. The van der Waals surface area contributed by atoms with Crippen LogP contribution < -0.4 is 10.6 Å². The van der Waals surface area contributed by atoms with Gasteiger partial charge in [0.05, 0.1) is 0 Å². The highest BCUT2D eigenvalue weighted by molar-refractivity contribution is 6.05. The minimum atomic E-state index is -0.284. The molecule has 2 N–H and O–H groups in total. The van der Waals surface area contributed by atoms with Crippen LogP contribution in [-0.4, -0.2) is 22.0 Å². The van der Waals surface area contributed by atoms with Gasteiger partial charge in [-0.15, -0.1) is 0 Å². The molecule has 0 aliphatic carbocycles. The molecule has 0 fully saturated rings. The number of nitrogens with zero attached hydrogens (tertiary/aromatic N) is 2. The second-order valence-electron chi connectivity index (χ2n) is 5.43. The molecule has 25 heavy (non-hydrogen) atoms. The first-order valence-electron chi connectivity index (χ1n) is 7.61. The first kappa shape index (κ1) is 16.4. The number of nitrogens with one attached hydrogen (secondary N) is 2. The molecule has 3 rings (SSSR count). The van der Waals surface area contributed by atoms with Crippen molar-refractivity contribution < 1.29 is 14.1 Å². The van der Waals surface area contributed by atoms with Gasteiger partial charge in [0.15, 0.2) is 0 Å². The molecule has 0 aliphatic heterocycles. The maximum atomic E-state index is 12.4. The minimum Gasteiger partial charge on any atom is -0.339 e. The van der Waals surface area contributed by atoms with E-state index in [2.05, 4.69) is 20.8 Å². The van der Waals surface area contributed by atoms with Crippen molar-refractivity contribution in [3.8, 4) is 11.4 Å². The second-order valence-corrected chi connectivity index (χ2v) is 5.43. The smallest absolute Gasteiger partial charge is 0.255 e. The molecule has 0 aliphatic rings. The fourth-order valence-electron chi connectivity index (χ4n) is 2.30. The molecule has 7 heteroatoms. The Kier molecular flexibility index (Phi) is 4.56. The van der Waals surface area contributed by atoms with Crippen LogP contribution in [0.1, 0.15) is 23.2 Å². The Bertz CT molecular complexity index is 933. The van der Waals surface area contributed by atoms with Crippen LogP contribution in [0.3, 0.4) is 0 Å². The Morgan fingerprint density at radius 1 is 1.00 bits per heavy atom.